The summed E-state index contributed by atoms with van der Waals surface area (Å²) in [4.78, 5) is 18.1. The Morgan fingerprint density at radius 2 is 1.88 bits per heavy atom. The highest BCUT2D eigenvalue weighted by molar-refractivity contribution is 5.88. The molecule has 2 aromatic carbocycles. The highest BCUT2D eigenvalue weighted by Gasteiger charge is 2.14. The highest BCUT2D eigenvalue weighted by atomic mass is 16.5. The van der Waals surface area contributed by atoms with Gasteiger partial charge in [-0.3, -0.25) is 9.69 Å². The topological polar surface area (TPSA) is 45.3 Å². The summed E-state index contributed by atoms with van der Waals surface area (Å²) in [7, 11) is 0. The summed E-state index contributed by atoms with van der Waals surface area (Å²) >= 11 is 0. The summed E-state index contributed by atoms with van der Waals surface area (Å²) in [5.74, 6) is 0. The second kappa shape index (κ2) is 6.82. The van der Waals surface area contributed by atoms with E-state index in [0.29, 0.717) is 0 Å². The average molecular weight is 334 g/mol. The van der Waals surface area contributed by atoms with Crippen molar-refractivity contribution in [1.82, 2.24) is 9.88 Å². The maximum Gasteiger partial charge on any atom is 0.256 e. The average Bonchev–Trinajstić information content (AvgIpc) is 2.63. The standard InChI is InChI=1S/C21H22N2O2/c1-15-18-7-2-3-8-19(18)22-21(24)20(15)17-6-4-5-16(13-17)14-23-9-11-25-12-10-23/h2-8,13H,9-12,14H2,1H3,(H,22,24). The molecule has 1 saturated heterocycles. The number of hydrogen-bond donors (Lipinski definition) is 1. The van der Waals surface area contributed by atoms with Crippen LogP contribution < -0.4 is 5.56 Å². The number of nitrogens with one attached hydrogen (secondary N) is 1. The van der Waals surface area contributed by atoms with Crippen LogP contribution in [0.4, 0.5) is 0 Å². The van der Waals surface area contributed by atoms with Gasteiger partial charge in [-0.15, -0.1) is 0 Å². The molecule has 0 aliphatic carbocycles. The smallest absolute Gasteiger partial charge is 0.256 e. The lowest BCUT2D eigenvalue weighted by atomic mass is 9.97. The maximum atomic E-state index is 12.7. The van der Waals surface area contributed by atoms with Gasteiger partial charge in [0.1, 0.15) is 0 Å². The lowest BCUT2D eigenvalue weighted by molar-refractivity contribution is 0.0342. The molecule has 2 heterocycles. The van der Waals surface area contributed by atoms with Crippen LogP contribution in [0.5, 0.6) is 0 Å². The molecule has 0 atom stereocenters. The predicted molar refractivity (Wildman–Crippen MR) is 101 cm³/mol. The Morgan fingerprint density at radius 3 is 2.72 bits per heavy atom. The fraction of sp³-hybridized carbons (Fsp3) is 0.286. The van der Waals surface area contributed by atoms with Gasteiger partial charge >= 0.3 is 0 Å². The Bertz CT molecular complexity index is 956. The number of para-hydroxylation sites is 1. The van der Waals surface area contributed by atoms with E-state index in [-0.39, 0.29) is 5.56 Å². The van der Waals surface area contributed by atoms with E-state index in [9.17, 15) is 4.79 Å². The number of ether oxygens (including phenoxy) is 1. The largest absolute Gasteiger partial charge is 0.379 e. The Labute approximate surface area is 147 Å². The summed E-state index contributed by atoms with van der Waals surface area (Å²) in [5.41, 5.74) is 4.87. The molecule has 1 N–H and O–H groups in total. The van der Waals surface area contributed by atoms with Gasteiger partial charge in [0, 0.05) is 30.5 Å². The molecule has 1 aliphatic rings. The van der Waals surface area contributed by atoms with Gasteiger partial charge in [0.2, 0.25) is 0 Å². The number of benzene rings is 2. The molecule has 0 spiro atoms. The molecular formula is C21H22N2O2. The van der Waals surface area contributed by atoms with Gasteiger partial charge in [-0.05, 0) is 35.7 Å². The molecule has 0 radical (unpaired) electrons. The van der Waals surface area contributed by atoms with Gasteiger partial charge in [-0.25, -0.2) is 0 Å². The summed E-state index contributed by atoms with van der Waals surface area (Å²) in [5, 5.41) is 1.09. The van der Waals surface area contributed by atoms with Crippen molar-refractivity contribution in [1.29, 1.82) is 0 Å². The van der Waals surface area contributed by atoms with Crippen LogP contribution in [-0.2, 0) is 11.3 Å². The molecule has 0 amide bonds. The van der Waals surface area contributed by atoms with Crippen molar-refractivity contribution in [3.8, 4) is 11.1 Å². The van der Waals surface area contributed by atoms with E-state index in [2.05, 4.69) is 28.1 Å². The van der Waals surface area contributed by atoms with E-state index in [1.54, 1.807) is 0 Å². The van der Waals surface area contributed by atoms with Crippen molar-refractivity contribution in [2.45, 2.75) is 13.5 Å². The summed E-state index contributed by atoms with van der Waals surface area (Å²) < 4.78 is 5.42. The number of nitrogens with zero attached hydrogens (tertiary/aromatic N) is 1. The van der Waals surface area contributed by atoms with Crippen LogP contribution in [0.1, 0.15) is 11.1 Å². The Kier molecular flexibility index (Phi) is 4.38. The minimum atomic E-state index is -0.0280. The molecule has 0 saturated carbocycles. The Morgan fingerprint density at radius 1 is 1.08 bits per heavy atom. The number of pyridine rings is 1. The maximum absolute atomic E-state index is 12.7. The Hall–Kier alpha value is -2.43. The van der Waals surface area contributed by atoms with Gasteiger partial charge in [-0.2, -0.15) is 0 Å². The first-order valence-electron chi connectivity index (χ1n) is 8.73. The summed E-state index contributed by atoms with van der Waals surface area (Å²) in [6.07, 6.45) is 0. The molecule has 1 aliphatic heterocycles. The normalized spacial score (nSPS) is 15.6. The summed E-state index contributed by atoms with van der Waals surface area (Å²) in [6, 6.07) is 16.3. The fourth-order valence-electron chi connectivity index (χ4n) is 3.60. The van der Waals surface area contributed by atoms with Crippen LogP contribution >= 0.6 is 0 Å². The van der Waals surface area contributed by atoms with E-state index in [4.69, 9.17) is 4.74 Å². The third-order valence-electron chi connectivity index (χ3n) is 4.91. The lowest BCUT2D eigenvalue weighted by Crippen LogP contribution is -2.35. The second-order valence-electron chi connectivity index (χ2n) is 6.59. The molecule has 1 aromatic heterocycles. The predicted octanol–water partition coefficient (Wildman–Crippen LogP) is 3.34. The first-order chi connectivity index (χ1) is 12.2. The number of fused-ring (bicyclic) bond motifs is 1. The van der Waals surface area contributed by atoms with Crippen molar-refractivity contribution in [3.63, 3.8) is 0 Å². The van der Waals surface area contributed by atoms with Crippen LogP contribution in [0.25, 0.3) is 22.0 Å². The van der Waals surface area contributed by atoms with Gasteiger partial charge in [0.25, 0.3) is 5.56 Å². The van der Waals surface area contributed by atoms with Crippen molar-refractivity contribution in [2.75, 3.05) is 26.3 Å². The molecule has 4 heteroatoms. The number of H-pyrrole nitrogens is 1. The number of morpholine rings is 1. The zero-order valence-corrected chi connectivity index (χ0v) is 14.4. The minimum Gasteiger partial charge on any atom is -0.379 e. The van der Waals surface area contributed by atoms with Gasteiger partial charge in [0.05, 0.1) is 18.8 Å². The molecule has 0 bridgehead atoms. The zero-order chi connectivity index (χ0) is 17.2. The zero-order valence-electron chi connectivity index (χ0n) is 14.4. The van der Waals surface area contributed by atoms with Crippen LogP contribution in [-0.4, -0.2) is 36.2 Å². The van der Waals surface area contributed by atoms with Gasteiger partial charge in [-0.1, -0.05) is 36.4 Å². The van der Waals surface area contributed by atoms with Crippen LogP contribution in [0, 0.1) is 6.92 Å². The molecule has 128 valence electrons. The number of hydrogen-bond acceptors (Lipinski definition) is 3. The third kappa shape index (κ3) is 3.23. The van der Waals surface area contributed by atoms with Crippen molar-refractivity contribution in [3.05, 3.63) is 70.0 Å². The molecule has 3 aromatic rings. The van der Waals surface area contributed by atoms with Crippen LogP contribution in [0.3, 0.4) is 0 Å². The van der Waals surface area contributed by atoms with E-state index >= 15 is 0 Å². The quantitative estimate of drug-likeness (QED) is 0.799. The SMILES string of the molecule is Cc1c(-c2cccc(CN3CCOCC3)c2)c(=O)[nH]c2ccccc12. The first-order valence-corrected chi connectivity index (χ1v) is 8.73. The molecular weight excluding hydrogens is 312 g/mol. The lowest BCUT2D eigenvalue weighted by Gasteiger charge is -2.26. The Balaban J connectivity index is 1.73. The summed E-state index contributed by atoms with van der Waals surface area (Å²) in [6.45, 7) is 6.43. The molecule has 4 nitrogen and oxygen atoms in total. The van der Waals surface area contributed by atoms with Gasteiger partial charge < -0.3 is 9.72 Å². The molecule has 1 fully saturated rings. The number of aryl methyl sites for hydroxylation is 1. The first kappa shape index (κ1) is 16.1. The fourth-order valence-corrected chi connectivity index (χ4v) is 3.60. The monoisotopic (exact) mass is 334 g/mol. The van der Waals surface area contributed by atoms with E-state index < -0.39 is 0 Å². The molecule has 0 unspecified atom stereocenters. The number of aromatic nitrogens is 1. The van der Waals surface area contributed by atoms with Crippen LogP contribution in [0.15, 0.2) is 53.3 Å². The number of rotatable bonds is 3. The minimum absolute atomic E-state index is 0.0280. The number of aromatic amines is 1. The third-order valence-corrected chi connectivity index (χ3v) is 4.91. The van der Waals surface area contributed by atoms with Crippen molar-refractivity contribution in [2.24, 2.45) is 0 Å². The van der Waals surface area contributed by atoms with Gasteiger partial charge in [0.15, 0.2) is 0 Å². The van der Waals surface area contributed by atoms with Crippen molar-refractivity contribution >= 4 is 10.9 Å². The van der Waals surface area contributed by atoms with Crippen molar-refractivity contribution < 1.29 is 4.74 Å². The van der Waals surface area contributed by atoms with E-state index in [0.717, 1.165) is 60.4 Å². The molecule has 4 rings (SSSR count). The van der Waals surface area contributed by atoms with E-state index in [1.165, 1.54) is 5.56 Å². The van der Waals surface area contributed by atoms with E-state index in [1.807, 2.05) is 37.3 Å². The molecule has 25 heavy (non-hydrogen) atoms. The van der Waals surface area contributed by atoms with Crippen LogP contribution in [0.2, 0.25) is 0 Å². The second-order valence-corrected chi connectivity index (χ2v) is 6.59. The highest BCUT2D eigenvalue weighted by Crippen LogP contribution is 2.26.